The maximum absolute atomic E-state index is 14.1. The van der Waals surface area contributed by atoms with Crippen LogP contribution in [0, 0.1) is 11.6 Å². The minimum atomic E-state index is -0.891. The normalized spacial score (nSPS) is 19.3. The zero-order valence-electron chi connectivity index (χ0n) is 11.3. The van der Waals surface area contributed by atoms with Crippen LogP contribution >= 0.6 is 11.6 Å². The molecule has 0 N–H and O–H groups in total. The molecule has 1 atom stereocenters. The van der Waals surface area contributed by atoms with Crippen molar-refractivity contribution >= 4 is 22.6 Å². The standard InChI is InChI=1S/C14H15ClF2N2O2/c15-4-3-12-18-11-2-1-10(16)13(17)14(11)19(12)7-9-8-20-5-6-21-9/h1-2,9H,3-8H2. The third-order valence-corrected chi connectivity index (χ3v) is 3.66. The van der Waals surface area contributed by atoms with E-state index in [4.69, 9.17) is 21.1 Å². The van der Waals surface area contributed by atoms with Gasteiger partial charge in [0.25, 0.3) is 0 Å². The van der Waals surface area contributed by atoms with Gasteiger partial charge in [-0.2, -0.15) is 0 Å². The van der Waals surface area contributed by atoms with E-state index in [2.05, 4.69) is 4.98 Å². The lowest BCUT2D eigenvalue weighted by molar-refractivity contribution is -0.0934. The highest BCUT2D eigenvalue weighted by molar-refractivity contribution is 6.17. The molecule has 1 aromatic heterocycles. The van der Waals surface area contributed by atoms with E-state index in [1.165, 1.54) is 6.07 Å². The molecule has 2 aromatic rings. The van der Waals surface area contributed by atoms with Gasteiger partial charge in [-0.25, -0.2) is 13.8 Å². The fourth-order valence-electron chi connectivity index (χ4n) is 2.52. The van der Waals surface area contributed by atoms with Crippen LogP contribution in [0.15, 0.2) is 12.1 Å². The first-order valence-electron chi connectivity index (χ1n) is 6.79. The van der Waals surface area contributed by atoms with E-state index in [9.17, 15) is 8.78 Å². The molecule has 2 heterocycles. The summed E-state index contributed by atoms with van der Waals surface area (Å²) in [6.45, 7) is 1.84. The molecule has 1 fully saturated rings. The fourth-order valence-corrected chi connectivity index (χ4v) is 2.69. The number of fused-ring (bicyclic) bond motifs is 1. The number of aromatic nitrogens is 2. The molecule has 0 saturated carbocycles. The lowest BCUT2D eigenvalue weighted by Gasteiger charge is -2.24. The van der Waals surface area contributed by atoms with Crippen LogP contribution in [0.3, 0.4) is 0 Å². The second-order valence-electron chi connectivity index (χ2n) is 4.87. The molecular weight excluding hydrogens is 302 g/mol. The van der Waals surface area contributed by atoms with Gasteiger partial charge in [-0.05, 0) is 12.1 Å². The number of nitrogens with zero attached hydrogens (tertiary/aromatic N) is 2. The fraction of sp³-hybridized carbons (Fsp3) is 0.500. The lowest BCUT2D eigenvalue weighted by Crippen LogP contribution is -2.32. The van der Waals surface area contributed by atoms with Gasteiger partial charge < -0.3 is 14.0 Å². The summed E-state index contributed by atoms with van der Waals surface area (Å²) in [5, 5.41) is 0. The number of alkyl halides is 1. The van der Waals surface area contributed by atoms with Gasteiger partial charge in [0.2, 0.25) is 0 Å². The predicted molar refractivity (Wildman–Crippen MR) is 74.6 cm³/mol. The van der Waals surface area contributed by atoms with Crippen molar-refractivity contribution in [2.45, 2.75) is 19.1 Å². The first kappa shape index (κ1) is 14.7. The largest absolute Gasteiger partial charge is 0.376 e. The predicted octanol–water partition coefficient (Wildman–Crippen LogP) is 2.51. The highest BCUT2D eigenvalue weighted by Crippen LogP contribution is 2.23. The molecule has 1 aliphatic heterocycles. The van der Waals surface area contributed by atoms with Crippen LogP contribution in [-0.4, -0.2) is 41.4 Å². The van der Waals surface area contributed by atoms with E-state index in [1.54, 1.807) is 4.57 Å². The van der Waals surface area contributed by atoms with Crippen molar-refractivity contribution in [3.05, 3.63) is 29.6 Å². The summed E-state index contributed by atoms with van der Waals surface area (Å²) in [6, 6.07) is 2.56. The van der Waals surface area contributed by atoms with Crippen LogP contribution in [0.5, 0.6) is 0 Å². The van der Waals surface area contributed by atoms with Crippen molar-refractivity contribution in [3.63, 3.8) is 0 Å². The Morgan fingerprint density at radius 3 is 2.90 bits per heavy atom. The number of rotatable bonds is 4. The van der Waals surface area contributed by atoms with Crippen LogP contribution in [0.2, 0.25) is 0 Å². The molecule has 21 heavy (non-hydrogen) atoms. The Morgan fingerprint density at radius 2 is 2.19 bits per heavy atom. The monoisotopic (exact) mass is 316 g/mol. The molecule has 1 aliphatic rings. The number of aryl methyl sites for hydroxylation is 1. The summed E-state index contributed by atoms with van der Waals surface area (Å²) >= 11 is 5.77. The van der Waals surface area contributed by atoms with Gasteiger partial charge in [0.15, 0.2) is 11.6 Å². The summed E-state index contributed by atoms with van der Waals surface area (Å²) in [5.41, 5.74) is 0.579. The highest BCUT2D eigenvalue weighted by Gasteiger charge is 2.22. The first-order valence-corrected chi connectivity index (χ1v) is 7.32. The van der Waals surface area contributed by atoms with Crippen molar-refractivity contribution in [1.82, 2.24) is 9.55 Å². The van der Waals surface area contributed by atoms with Crippen molar-refractivity contribution in [2.24, 2.45) is 0 Å². The second kappa shape index (κ2) is 6.25. The number of ether oxygens (including phenoxy) is 2. The zero-order valence-corrected chi connectivity index (χ0v) is 12.1. The van der Waals surface area contributed by atoms with Crippen LogP contribution in [0.25, 0.3) is 11.0 Å². The lowest BCUT2D eigenvalue weighted by atomic mass is 10.2. The van der Waals surface area contributed by atoms with Gasteiger partial charge in [-0.3, -0.25) is 0 Å². The molecule has 4 nitrogen and oxygen atoms in total. The maximum Gasteiger partial charge on any atom is 0.184 e. The number of halogens is 3. The third kappa shape index (κ3) is 2.88. The minimum Gasteiger partial charge on any atom is -0.376 e. The average Bonchev–Trinajstić information content (AvgIpc) is 2.83. The summed E-state index contributed by atoms with van der Waals surface area (Å²) < 4.78 is 40.2. The molecule has 7 heteroatoms. The van der Waals surface area contributed by atoms with E-state index in [0.29, 0.717) is 50.0 Å². The number of benzene rings is 1. The second-order valence-corrected chi connectivity index (χ2v) is 5.25. The molecule has 1 saturated heterocycles. The molecular formula is C14H15ClF2N2O2. The minimum absolute atomic E-state index is 0.157. The molecule has 3 rings (SSSR count). The highest BCUT2D eigenvalue weighted by atomic mass is 35.5. The van der Waals surface area contributed by atoms with Crippen LogP contribution in [0.4, 0.5) is 8.78 Å². The Morgan fingerprint density at radius 1 is 1.33 bits per heavy atom. The molecule has 0 bridgehead atoms. The van der Waals surface area contributed by atoms with E-state index >= 15 is 0 Å². The van der Waals surface area contributed by atoms with Crippen molar-refractivity contribution in [2.75, 3.05) is 25.7 Å². The van der Waals surface area contributed by atoms with Gasteiger partial charge in [0, 0.05) is 12.3 Å². The van der Waals surface area contributed by atoms with Gasteiger partial charge >= 0.3 is 0 Å². The van der Waals surface area contributed by atoms with E-state index in [0.717, 1.165) is 6.07 Å². The number of hydrogen-bond acceptors (Lipinski definition) is 3. The van der Waals surface area contributed by atoms with Crippen LogP contribution in [0.1, 0.15) is 5.82 Å². The molecule has 0 spiro atoms. The van der Waals surface area contributed by atoms with Gasteiger partial charge in [0.05, 0.1) is 38.0 Å². The Labute approximate surface area is 125 Å². The Kier molecular flexibility index (Phi) is 4.37. The van der Waals surface area contributed by atoms with E-state index in [1.807, 2.05) is 0 Å². The smallest absolute Gasteiger partial charge is 0.184 e. The maximum atomic E-state index is 14.1. The first-order chi connectivity index (χ1) is 10.2. The number of imidazole rings is 1. The Hall–Kier alpha value is -1.24. The van der Waals surface area contributed by atoms with Gasteiger partial charge in [-0.1, -0.05) is 0 Å². The Bertz CT molecular complexity index is 641. The molecule has 0 aliphatic carbocycles. The SMILES string of the molecule is Fc1ccc2nc(CCCl)n(CC3COCCO3)c2c1F. The summed E-state index contributed by atoms with van der Waals surface area (Å²) in [5.74, 6) is -0.798. The van der Waals surface area contributed by atoms with E-state index in [-0.39, 0.29) is 11.6 Å². The molecule has 1 aromatic carbocycles. The molecule has 114 valence electrons. The van der Waals surface area contributed by atoms with Crippen LogP contribution in [-0.2, 0) is 22.4 Å². The molecule has 0 radical (unpaired) electrons. The molecule has 0 amide bonds. The van der Waals surface area contributed by atoms with Crippen molar-refractivity contribution < 1.29 is 18.3 Å². The third-order valence-electron chi connectivity index (χ3n) is 3.47. The van der Waals surface area contributed by atoms with Crippen LogP contribution < -0.4 is 0 Å². The van der Waals surface area contributed by atoms with E-state index < -0.39 is 11.6 Å². The molecule has 1 unspecified atom stereocenters. The summed E-state index contributed by atoms with van der Waals surface area (Å²) in [7, 11) is 0. The Balaban J connectivity index is 2.03. The van der Waals surface area contributed by atoms with Gasteiger partial charge in [0.1, 0.15) is 11.3 Å². The van der Waals surface area contributed by atoms with Gasteiger partial charge in [-0.15, -0.1) is 11.6 Å². The van der Waals surface area contributed by atoms with Crippen molar-refractivity contribution in [3.8, 4) is 0 Å². The number of hydrogen-bond donors (Lipinski definition) is 0. The summed E-state index contributed by atoms with van der Waals surface area (Å²) in [4.78, 5) is 4.35. The van der Waals surface area contributed by atoms with Crippen molar-refractivity contribution in [1.29, 1.82) is 0 Å². The quantitative estimate of drug-likeness (QED) is 0.813. The average molecular weight is 317 g/mol. The topological polar surface area (TPSA) is 36.3 Å². The zero-order chi connectivity index (χ0) is 14.8. The summed E-state index contributed by atoms with van der Waals surface area (Å²) in [6.07, 6.45) is 0.276.